The Balaban J connectivity index is 2.36. The van der Waals surface area contributed by atoms with E-state index in [1.807, 2.05) is 13.8 Å². The third kappa shape index (κ3) is 4.60. The van der Waals surface area contributed by atoms with E-state index in [2.05, 4.69) is 14.8 Å². The Morgan fingerprint density at radius 1 is 1.04 bits per heavy atom. The molecule has 2 aromatic carbocycles. The molecule has 0 saturated heterocycles. The number of methoxy groups -OCH3 is 1. The van der Waals surface area contributed by atoms with Crippen LogP contribution in [0, 0.1) is 0 Å². The van der Waals surface area contributed by atoms with Crippen LogP contribution < -0.4 is 10.0 Å². The minimum absolute atomic E-state index is 0.0936. The Kier molecular flexibility index (Phi) is 5.99. The topological polar surface area (TPSA) is 102 Å². The first kappa shape index (κ1) is 19.5. The second kappa shape index (κ2) is 8.01. The summed E-state index contributed by atoms with van der Waals surface area (Å²) in [5.74, 6) is -1.03. The van der Waals surface area contributed by atoms with Crippen LogP contribution in [0.3, 0.4) is 0 Å². The molecule has 0 bridgehead atoms. The van der Waals surface area contributed by atoms with Crippen LogP contribution in [-0.4, -0.2) is 33.4 Å². The monoisotopic (exact) mass is 376 g/mol. The minimum Gasteiger partial charge on any atom is -0.465 e. The van der Waals surface area contributed by atoms with E-state index < -0.39 is 16.0 Å². The summed E-state index contributed by atoms with van der Waals surface area (Å²) in [7, 11) is -2.79. The normalized spacial score (nSPS) is 11.1. The number of para-hydroxylation sites is 1. The van der Waals surface area contributed by atoms with Gasteiger partial charge in [-0.2, -0.15) is 0 Å². The van der Waals surface area contributed by atoms with Crippen molar-refractivity contribution >= 4 is 27.6 Å². The number of carbonyl (C=O) groups is 2. The van der Waals surface area contributed by atoms with Gasteiger partial charge in [-0.25, -0.2) is 13.2 Å². The number of carbonyl (C=O) groups excluding carboxylic acids is 2. The summed E-state index contributed by atoms with van der Waals surface area (Å²) in [5.41, 5.74) is 0.462. The van der Waals surface area contributed by atoms with Crippen LogP contribution in [0.2, 0.25) is 0 Å². The highest BCUT2D eigenvalue weighted by molar-refractivity contribution is 7.92. The van der Waals surface area contributed by atoms with Crippen molar-refractivity contribution in [3.63, 3.8) is 0 Å². The third-order valence-corrected chi connectivity index (χ3v) is 4.76. The molecule has 0 atom stereocenters. The van der Waals surface area contributed by atoms with Crippen LogP contribution in [0.4, 0.5) is 5.69 Å². The highest BCUT2D eigenvalue weighted by atomic mass is 32.2. The zero-order valence-corrected chi connectivity index (χ0v) is 15.5. The molecule has 2 rings (SSSR count). The average molecular weight is 376 g/mol. The maximum absolute atomic E-state index is 12.7. The Morgan fingerprint density at radius 3 is 2.38 bits per heavy atom. The highest BCUT2D eigenvalue weighted by Gasteiger charge is 2.20. The summed E-state index contributed by atoms with van der Waals surface area (Å²) in [5, 5.41) is 2.72. The smallest absolute Gasteiger partial charge is 0.337 e. The number of benzene rings is 2. The lowest BCUT2D eigenvalue weighted by Gasteiger charge is -2.14. The maximum Gasteiger partial charge on any atom is 0.337 e. The maximum atomic E-state index is 12.7. The largest absolute Gasteiger partial charge is 0.465 e. The number of ether oxygens (including phenoxy) is 1. The highest BCUT2D eigenvalue weighted by Crippen LogP contribution is 2.21. The number of esters is 1. The van der Waals surface area contributed by atoms with Crippen LogP contribution in [0.5, 0.6) is 0 Å². The van der Waals surface area contributed by atoms with Gasteiger partial charge in [0, 0.05) is 6.04 Å². The molecule has 0 aliphatic heterocycles. The van der Waals surface area contributed by atoms with Gasteiger partial charge >= 0.3 is 5.97 Å². The molecule has 8 heteroatoms. The van der Waals surface area contributed by atoms with Crippen molar-refractivity contribution in [3.8, 4) is 0 Å². The second-order valence-electron chi connectivity index (χ2n) is 5.80. The lowest BCUT2D eigenvalue weighted by atomic mass is 10.1. The Hall–Kier alpha value is -2.87. The van der Waals surface area contributed by atoms with Crippen molar-refractivity contribution in [2.24, 2.45) is 0 Å². The second-order valence-corrected chi connectivity index (χ2v) is 7.48. The average Bonchev–Trinajstić information content (AvgIpc) is 2.60. The van der Waals surface area contributed by atoms with Crippen molar-refractivity contribution in [2.45, 2.75) is 24.8 Å². The molecule has 138 valence electrons. The Morgan fingerprint density at radius 2 is 1.73 bits per heavy atom. The fourth-order valence-corrected chi connectivity index (χ4v) is 3.35. The summed E-state index contributed by atoms with van der Waals surface area (Å²) in [6.45, 7) is 3.62. The molecular formula is C18H20N2O5S. The van der Waals surface area contributed by atoms with Crippen LogP contribution in [0.1, 0.15) is 34.6 Å². The summed E-state index contributed by atoms with van der Waals surface area (Å²) in [6.07, 6.45) is 0. The molecular weight excluding hydrogens is 356 g/mol. The summed E-state index contributed by atoms with van der Waals surface area (Å²) in [6, 6.07) is 11.7. The molecule has 0 unspecified atom stereocenters. The van der Waals surface area contributed by atoms with Crippen molar-refractivity contribution in [3.05, 3.63) is 59.7 Å². The fourth-order valence-electron chi connectivity index (χ4n) is 2.22. The summed E-state index contributed by atoms with van der Waals surface area (Å²) in [4.78, 5) is 23.8. The third-order valence-electron chi connectivity index (χ3n) is 3.40. The first-order valence-corrected chi connectivity index (χ1v) is 9.34. The minimum atomic E-state index is -4.00. The summed E-state index contributed by atoms with van der Waals surface area (Å²) < 4.78 is 32.3. The van der Waals surface area contributed by atoms with Gasteiger partial charge in [0.05, 0.1) is 28.8 Å². The standard InChI is InChI=1S/C18H20N2O5S/c1-12(2)19-17(21)15-9-4-5-10-16(15)20-26(23,24)14-8-6-7-13(11-14)18(22)25-3/h4-12,20H,1-3H3,(H,19,21). The van der Waals surface area contributed by atoms with Crippen LogP contribution in [-0.2, 0) is 14.8 Å². The van der Waals surface area contributed by atoms with E-state index in [4.69, 9.17) is 0 Å². The number of sulfonamides is 1. The molecule has 0 aliphatic carbocycles. The van der Waals surface area contributed by atoms with Crippen LogP contribution in [0.15, 0.2) is 53.4 Å². The molecule has 7 nitrogen and oxygen atoms in total. The van der Waals surface area contributed by atoms with Gasteiger partial charge in [-0.05, 0) is 44.2 Å². The molecule has 0 radical (unpaired) electrons. The van der Waals surface area contributed by atoms with E-state index in [9.17, 15) is 18.0 Å². The van der Waals surface area contributed by atoms with Gasteiger partial charge in [-0.3, -0.25) is 9.52 Å². The zero-order valence-electron chi connectivity index (χ0n) is 14.6. The van der Waals surface area contributed by atoms with Crippen molar-refractivity contribution in [1.82, 2.24) is 5.32 Å². The van der Waals surface area contributed by atoms with Gasteiger partial charge in [0.25, 0.3) is 15.9 Å². The van der Waals surface area contributed by atoms with Crippen molar-refractivity contribution < 1.29 is 22.7 Å². The number of amides is 1. The number of rotatable bonds is 6. The van der Waals surface area contributed by atoms with E-state index in [0.29, 0.717) is 0 Å². The van der Waals surface area contributed by atoms with Gasteiger partial charge in [0.1, 0.15) is 0 Å². The van der Waals surface area contributed by atoms with Gasteiger partial charge in [-0.15, -0.1) is 0 Å². The predicted molar refractivity (Wildman–Crippen MR) is 97.6 cm³/mol. The number of hydrogen-bond acceptors (Lipinski definition) is 5. The van der Waals surface area contributed by atoms with E-state index in [1.165, 1.54) is 43.5 Å². The zero-order chi connectivity index (χ0) is 19.3. The first-order chi connectivity index (χ1) is 12.2. The molecule has 0 fully saturated rings. The molecule has 0 aromatic heterocycles. The number of anilines is 1. The number of nitrogens with one attached hydrogen (secondary N) is 2. The molecule has 0 aliphatic rings. The van der Waals surface area contributed by atoms with Crippen LogP contribution in [0.25, 0.3) is 0 Å². The molecule has 0 spiro atoms. The number of hydrogen-bond donors (Lipinski definition) is 2. The van der Waals surface area contributed by atoms with Gasteiger partial charge in [-0.1, -0.05) is 18.2 Å². The molecule has 2 N–H and O–H groups in total. The quantitative estimate of drug-likeness (QED) is 0.754. The first-order valence-electron chi connectivity index (χ1n) is 7.85. The van der Waals surface area contributed by atoms with Gasteiger partial charge in [0.15, 0.2) is 0 Å². The Labute approximate surface area is 152 Å². The Bertz CT molecular complexity index is 923. The van der Waals surface area contributed by atoms with E-state index in [1.54, 1.807) is 12.1 Å². The SMILES string of the molecule is COC(=O)c1cccc(S(=O)(=O)Nc2ccccc2C(=O)NC(C)C)c1. The lowest BCUT2D eigenvalue weighted by molar-refractivity contribution is 0.0600. The van der Waals surface area contributed by atoms with Crippen molar-refractivity contribution in [1.29, 1.82) is 0 Å². The molecule has 26 heavy (non-hydrogen) atoms. The van der Waals surface area contributed by atoms with E-state index >= 15 is 0 Å². The fraction of sp³-hybridized carbons (Fsp3) is 0.222. The molecule has 0 saturated carbocycles. The van der Waals surface area contributed by atoms with Crippen LogP contribution >= 0.6 is 0 Å². The van der Waals surface area contributed by atoms with Crippen molar-refractivity contribution in [2.75, 3.05) is 11.8 Å². The molecule has 2 aromatic rings. The van der Waals surface area contributed by atoms with Gasteiger partial charge < -0.3 is 10.1 Å². The predicted octanol–water partition coefficient (Wildman–Crippen LogP) is 2.41. The van der Waals surface area contributed by atoms with Gasteiger partial charge in [0.2, 0.25) is 0 Å². The van der Waals surface area contributed by atoms with E-state index in [-0.39, 0.29) is 33.7 Å². The lowest BCUT2D eigenvalue weighted by Crippen LogP contribution is -2.31. The molecule has 1 amide bonds. The molecule has 0 heterocycles. The van der Waals surface area contributed by atoms with E-state index in [0.717, 1.165) is 0 Å². The summed E-state index contributed by atoms with van der Waals surface area (Å²) >= 11 is 0.